The van der Waals surface area contributed by atoms with Gasteiger partial charge < -0.3 is 25.2 Å². The van der Waals surface area contributed by atoms with Crippen molar-refractivity contribution >= 4 is 23.1 Å². The summed E-state index contributed by atoms with van der Waals surface area (Å²) in [5.41, 5.74) is -0.412. The fourth-order valence-corrected chi connectivity index (χ4v) is 3.73. The first kappa shape index (κ1) is 17.6. The number of hydrogen-bond donors (Lipinski definition) is 3. The Labute approximate surface area is 150 Å². The number of urea groups is 1. The number of benzene rings is 1. The van der Waals surface area contributed by atoms with Gasteiger partial charge >= 0.3 is 6.03 Å². The molecule has 2 amide bonds. The zero-order valence-electron chi connectivity index (χ0n) is 14.2. The highest BCUT2D eigenvalue weighted by Gasteiger charge is 2.45. The average Bonchev–Trinajstić information content (AvgIpc) is 3.34. The second-order valence-corrected chi connectivity index (χ2v) is 7.00. The Morgan fingerprint density at radius 2 is 2.04 bits per heavy atom. The second-order valence-electron chi connectivity index (χ2n) is 6.05. The Bertz CT molecular complexity index is 731. The smallest absolute Gasteiger partial charge is 0.319 e. The van der Waals surface area contributed by atoms with Crippen molar-refractivity contribution in [1.82, 2.24) is 5.32 Å². The molecule has 1 aromatic heterocycles. The lowest BCUT2D eigenvalue weighted by atomic mass is 9.96. The number of carbonyl (C=O) groups excluding carboxylic acids is 1. The molecule has 1 saturated carbocycles. The van der Waals surface area contributed by atoms with Crippen molar-refractivity contribution in [2.45, 2.75) is 18.4 Å². The van der Waals surface area contributed by atoms with Crippen LogP contribution < -0.4 is 20.1 Å². The molecule has 1 unspecified atom stereocenters. The van der Waals surface area contributed by atoms with Crippen molar-refractivity contribution in [1.29, 1.82) is 0 Å². The number of carbonyl (C=O) groups is 1. The summed E-state index contributed by atoms with van der Waals surface area (Å²) in [4.78, 5) is 13.1. The maximum absolute atomic E-state index is 12.2. The molecule has 134 valence electrons. The first-order valence-corrected chi connectivity index (χ1v) is 8.98. The zero-order valence-corrected chi connectivity index (χ0v) is 15.1. The first-order chi connectivity index (χ1) is 12.1. The van der Waals surface area contributed by atoms with Crippen molar-refractivity contribution in [3.63, 3.8) is 0 Å². The SMILES string of the molecule is COc1ccc(NC(=O)NCC(O)(c2cccs2)C2CC2)cc1OC. The van der Waals surface area contributed by atoms with Crippen LogP contribution in [-0.2, 0) is 5.60 Å². The highest BCUT2D eigenvalue weighted by atomic mass is 32.1. The molecule has 0 spiro atoms. The topological polar surface area (TPSA) is 79.8 Å². The lowest BCUT2D eigenvalue weighted by molar-refractivity contribution is 0.0200. The molecule has 0 aliphatic heterocycles. The van der Waals surface area contributed by atoms with Crippen LogP contribution in [0, 0.1) is 5.92 Å². The molecule has 1 fully saturated rings. The number of aliphatic hydroxyl groups is 1. The molecule has 25 heavy (non-hydrogen) atoms. The minimum atomic E-state index is -0.997. The fraction of sp³-hybridized carbons (Fsp3) is 0.389. The number of ether oxygens (including phenoxy) is 2. The highest BCUT2D eigenvalue weighted by Crippen LogP contribution is 2.46. The summed E-state index contributed by atoms with van der Waals surface area (Å²) in [5, 5.41) is 18.5. The fourth-order valence-electron chi connectivity index (χ4n) is 2.82. The van der Waals surface area contributed by atoms with Crippen molar-refractivity contribution in [3.05, 3.63) is 40.6 Å². The van der Waals surface area contributed by atoms with Gasteiger partial charge in [0.25, 0.3) is 0 Å². The van der Waals surface area contributed by atoms with E-state index >= 15 is 0 Å². The van der Waals surface area contributed by atoms with Gasteiger partial charge in [-0.1, -0.05) is 6.07 Å². The molecule has 0 bridgehead atoms. The van der Waals surface area contributed by atoms with Crippen LogP contribution in [0.2, 0.25) is 0 Å². The first-order valence-electron chi connectivity index (χ1n) is 8.10. The van der Waals surface area contributed by atoms with E-state index in [2.05, 4.69) is 10.6 Å². The lowest BCUT2D eigenvalue weighted by Gasteiger charge is -2.27. The van der Waals surface area contributed by atoms with E-state index in [9.17, 15) is 9.90 Å². The summed E-state index contributed by atoms with van der Waals surface area (Å²) in [6.07, 6.45) is 1.96. The van der Waals surface area contributed by atoms with Crippen LogP contribution in [0.4, 0.5) is 10.5 Å². The summed E-state index contributed by atoms with van der Waals surface area (Å²) >= 11 is 1.51. The molecule has 6 nitrogen and oxygen atoms in total. The Hall–Kier alpha value is -2.25. The van der Waals surface area contributed by atoms with Crippen LogP contribution >= 0.6 is 11.3 Å². The zero-order chi connectivity index (χ0) is 17.9. The summed E-state index contributed by atoms with van der Waals surface area (Å²) in [6, 6.07) is 8.59. The number of nitrogens with one attached hydrogen (secondary N) is 2. The third-order valence-electron chi connectivity index (χ3n) is 4.36. The van der Waals surface area contributed by atoms with Gasteiger partial charge in [-0.3, -0.25) is 0 Å². The van der Waals surface area contributed by atoms with Crippen molar-refractivity contribution in [2.75, 3.05) is 26.1 Å². The number of amides is 2. The molecular weight excluding hydrogens is 340 g/mol. The van der Waals surface area contributed by atoms with Gasteiger partial charge in [-0.05, 0) is 42.3 Å². The van der Waals surface area contributed by atoms with Crippen LogP contribution in [-0.4, -0.2) is 31.9 Å². The van der Waals surface area contributed by atoms with Gasteiger partial charge in [0.05, 0.1) is 20.8 Å². The molecule has 1 aromatic carbocycles. The molecule has 0 saturated heterocycles. The highest BCUT2D eigenvalue weighted by molar-refractivity contribution is 7.10. The number of anilines is 1. The molecule has 2 aromatic rings. The number of hydrogen-bond acceptors (Lipinski definition) is 5. The number of methoxy groups -OCH3 is 2. The van der Waals surface area contributed by atoms with Crippen LogP contribution in [0.3, 0.4) is 0 Å². The van der Waals surface area contributed by atoms with Crippen molar-refractivity contribution in [2.24, 2.45) is 5.92 Å². The van der Waals surface area contributed by atoms with Crippen LogP contribution in [0.15, 0.2) is 35.7 Å². The normalized spacial score (nSPS) is 16.0. The monoisotopic (exact) mass is 362 g/mol. The number of rotatable bonds is 7. The average molecular weight is 362 g/mol. The van der Waals surface area contributed by atoms with E-state index in [1.807, 2.05) is 17.5 Å². The summed E-state index contributed by atoms with van der Waals surface area (Å²) < 4.78 is 10.4. The molecule has 7 heteroatoms. The van der Waals surface area contributed by atoms with Gasteiger partial charge in [-0.25, -0.2) is 4.79 Å². The van der Waals surface area contributed by atoms with Gasteiger partial charge in [0, 0.05) is 16.6 Å². The molecule has 1 aliphatic carbocycles. The summed E-state index contributed by atoms with van der Waals surface area (Å²) in [7, 11) is 3.10. The summed E-state index contributed by atoms with van der Waals surface area (Å²) in [5.74, 6) is 1.33. The summed E-state index contributed by atoms with van der Waals surface area (Å²) in [6.45, 7) is 0.178. The van der Waals surface area contributed by atoms with E-state index in [-0.39, 0.29) is 18.5 Å². The van der Waals surface area contributed by atoms with Crippen LogP contribution in [0.5, 0.6) is 11.5 Å². The maximum atomic E-state index is 12.2. The second kappa shape index (κ2) is 7.33. The molecule has 3 rings (SSSR count). The number of thiophene rings is 1. The minimum Gasteiger partial charge on any atom is -0.493 e. The van der Waals surface area contributed by atoms with Gasteiger partial charge in [0.2, 0.25) is 0 Å². The lowest BCUT2D eigenvalue weighted by Crippen LogP contribution is -2.43. The Morgan fingerprint density at radius 1 is 1.28 bits per heavy atom. The van der Waals surface area contributed by atoms with Gasteiger partial charge in [-0.2, -0.15) is 0 Å². The van der Waals surface area contributed by atoms with E-state index in [0.29, 0.717) is 17.2 Å². The van der Waals surface area contributed by atoms with Crippen LogP contribution in [0.25, 0.3) is 0 Å². The molecule has 1 heterocycles. The van der Waals surface area contributed by atoms with Crippen molar-refractivity contribution < 1.29 is 19.4 Å². The molecular formula is C18H22N2O4S. The Morgan fingerprint density at radius 3 is 2.64 bits per heavy atom. The predicted octanol–water partition coefficient (Wildman–Crippen LogP) is 3.18. The van der Waals surface area contributed by atoms with Crippen molar-refractivity contribution in [3.8, 4) is 11.5 Å². The maximum Gasteiger partial charge on any atom is 0.319 e. The largest absolute Gasteiger partial charge is 0.493 e. The van der Waals surface area contributed by atoms with E-state index in [0.717, 1.165) is 17.7 Å². The minimum absolute atomic E-state index is 0.178. The van der Waals surface area contributed by atoms with Gasteiger partial charge in [-0.15, -0.1) is 11.3 Å². The quantitative estimate of drug-likeness (QED) is 0.707. The molecule has 1 aliphatic rings. The third-order valence-corrected chi connectivity index (χ3v) is 5.40. The van der Waals surface area contributed by atoms with E-state index in [4.69, 9.17) is 9.47 Å². The molecule has 0 radical (unpaired) electrons. The molecule has 3 N–H and O–H groups in total. The Balaban J connectivity index is 1.63. The third kappa shape index (κ3) is 3.88. The standard InChI is InChI=1S/C18H22N2O4S/c1-23-14-8-7-13(10-15(14)24-2)20-17(21)19-11-18(22,12-5-6-12)16-4-3-9-25-16/h3-4,7-10,12,22H,5-6,11H2,1-2H3,(H2,19,20,21). The Kier molecular flexibility index (Phi) is 5.15. The van der Waals surface area contributed by atoms with Gasteiger partial charge in [0.15, 0.2) is 11.5 Å². The van der Waals surface area contributed by atoms with E-state index < -0.39 is 5.60 Å². The van der Waals surface area contributed by atoms with E-state index in [1.165, 1.54) is 11.3 Å². The predicted molar refractivity (Wildman–Crippen MR) is 97.5 cm³/mol. The van der Waals surface area contributed by atoms with Crippen LogP contribution in [0.1, 0.15) is 17.7 Å². The molecule has 1 atom stereocenters. The van der Waals surface area contributed by atoms with E-state index in [1.54, 1.807) is 32.4 Å². The van der Waals surface area contributed by atoms with Gasteiger partial charge in [0.1, 0.15) is 5.60 Å².